The van der Waals surface area contributed by atoms with Gasteiger partial charge in [-0.2, -0.15) is 5.10 Å². The molecule has 0 saturated heterocycles. The Bertz CT molecular complexity index is 1530. The summed E-state index contributed by atoms with van der Waals surface area (Å²) < 4.78 is 40.1. The average Bonchev–Trinajstić information content (AvgIpc) is 2.96. The fourth-order valence-corrected chi connectivity index (χ4v) is 5.41. The van der Waals surface area contributed by atoms with Crippen LogP contribution in [0.15, 0.2) is 113 Å². The van der Waals surface area contributed by atoms with Gasteiger partial charge in [0.25, 0.3) is 15.9 Å². The maximum absolute atomic E-state index is 13.4. The van der Waals surface area contributed by atoms with Gasteiger partial charge in [-0.1, -0.05) is 48.5 Å². The van der Waals surface area contributed by atoms with Crippen LogP contribution in [-0.4, -0.2) is 34.2 Å². The van der Waals surface area contributed by atoms with Gasteiger partial charge in [-0.05, 0) is 88.3 Å². The molecule has 200 valence electrons. The minimum atomic E-state index is -3.99. The molecule has 0 atom stereocenters. The molecule has 0 spiro atoms. The summed E-state index contributed by atoms with van der Waals surface area (Å²) in [5.41, 5.74) is 4.47. The number of hydrazone groups is 1. The molecular weight excluding hydrogens is 629 g/mol. The highest BCUT2D eigenvalue weighted by atomic mass is 127. The van der Waals surface area contributed by atoms with Crippen molar-refractivity contribution in [1.29, 1.82) is 0 Å². The molecule has 0 aliphatic rings. The van der Waals surface area contributed by atoms with Gasteiger partial charge in [0.1, 0.15) is 13.2 Å². The Balaban J connectivity index is 1.44. The monoisotopic (exact) mass is 655 g/mol. The summed E-state index contributed by atoms with van der Waals surface area (Å²) in [5, 5.41) is 4.01. The summed E-state index contributed by atoms with van der Waals surface area (Å²) >= 11 is 2.13. The molecule has 0 aliphatic carbocycles. The van der Waals surface area contributed by atoms with Crippen LogP contribution in [0.3, 0.4) is 0 Å². The topological polar surface area (TPSA) is 97.3 Å². The largest absolute Gasteiger partial charge is 0.493 e. The lowest BCUT2D eigenvalue weighted by Crippen LogP contribution is -2.39. The van der Waals surface area contributed by atoms with Crippen molar-refractivity contribution in [2.45, 2.75) is 11.5 Å². The Morgan fingerprint density at radius 3 is 2.26 bits per heavy atom. The zero-order valence-electron chi connectivity index (χ0n) is 21.0. The Morgan fingerprint density at radius 1 is 0.923 bits per heavy atom. The Hall–Kier alpha value is -3.90. The second-order valence-corrected chi connectivity index (χ2v) is 11.4. The Kier molecular flexibility index (Phi) is 9.55. The third-order valence-electron chi connectivity index (χ3n) is 5.56. The van der Waals surface area contributed by atoms with Crippen LogP contribution in [0.4, 0.5) is 5.69 Å². The highest BCUT2D eigenvalue weighted by Gasteiger charge is 2.27. The molecule has 4 aromatic carbocycles. The van der Waals surface area contributed by atoms with Crippen molar-refractivity contribution in [2.75, 3.05) is 18.0 Å². The number of sulfonamides is 1. The first-order valence-corrected chi connectivity index (χ1v) is 14.4. The van der Waals surface area contributed by atoms with Crippen molar-refractivity contribution in [3.63, 3.8) is 0 Å². The van der Waals surface area contributed by atoms with Crippen LogP contribution < -0.4 is 19.2 Å². The average molecular weight is 656 g/mol. The maximum atomic E-state index is 13.4. The van der Waals surface area contributed by atoms with Gasteiger partial charge in [-0.3, -0.25) is 9.10 Å². The molecule has 1 N–H and O–H groups in total. The summed E-state index contributed by atoms with van der Waals surface area (Å²) in [6.07, 6.45) is 1.45. The van der Waals surface area contributed by atoms with Gasteiger partial charge < -0.3 is 9.47 Å². The van der Waals surface area contributed by atoms with E-state index in [1.165, 1.54) is 18.3 Å². The highest BCUT2D eigenvalue weighted by molar-refractivity contribution is 14.1. The molecule has 0 bridgehead atoms. The number of carbonyl (C=O) groups is 1. The normalized spacial score (nSPS) is 11.2. The number of ether oxygens (including phenoxy) is 2. The second-order valence-electron chi connectivity index (χ2n) is 8.28. The minimum Gasteiger partial charge on any atom is -0.493 e. The first kappa shape index (κ1) is 28.1. The van der Waals surface area contributed by atoms with Crippen molar-refractivity contribution in [3.05, 3.63) is 118 Å². The summed E-state index contributed by atoms with van der Waals surface area (Å²) in [6, 6.07) is 29.9. The quantitative estimate of drug-likeness (QED) is 0.136. The lowest BCUT2D eigenvalue weighted by Gasteiger charge is -2.23. The number of halogens is 1. The first-order valence-electron chi connectivity index (χ1n) is 11.9. The van der Waals surface area contributed by atoms with E-state index in [9.17, 15) is 13.2 Å². The SMILES string of the molecule is COc1cc(/C=N\NC(=O)CN(c2ccc(I)cc2)S(=O)(=O)c2ccccc2)ccc1OCc1ccccc1. The van der Waals surface area contributed by atoms with Crippen LogP contribution >= 0.6 is 22.6 Å². The van der Waals surface area contributed by atoms with Crippen LogP contribution in [0.5, 0.6) is 11.5 Å². The highest BCUT2D eigenvalue weighted by Crippen LogP contribution is 2.28. The van der Waals surface area contributed by atoms with E-state index in [0.717, 1.165) is 13.4 Å². The third kappa shape index (κ3) is 7.58. The summed E-state index contributed by atoms with van der Waals surface area (Å²) in [7, 11) is -2.45. The van der Waals surface area contributed by atoms with Crippen molar-refractivity contribution in [2.24, 2.45) is 5.10 Å². The van der Waals surface area contributed by atoms with Gasteiger partial charge in [0.15, 0.2) is 11.5 Å². The van der Waals surface area contributed by atoms with Gasteiger partial charge in [0, 0.05) is 3.57 Å². The van der Waals surface area contributed by atoms with Crippen molar-refractivity contribution in [1.82, 2.24) is 5.43 Å². The van der Waals surface area contributed by atoms with Crippen LogP contribution in [0, 0.1) is 3.57 Å². The zero-order chi connectivity index (χ0) is 27.7. The molecule has 0 heterocycles. The first-order chi connectivity index (χ1) is 18.9. The molecule has 0 unspecified atom stereocenters. The van der Waals surface area contributed by atoms with Crippen LogP contribution in [0.2, 0.25) is 0 Å². The molecule has 0 fully saturated rings. The molecular formula is C29H26IN3O5S. The van der Waals surface area contributed by atoms with Crippen molar-refractivity contribution >= 4 is 50.4 Å². The number of nitrogens with one attached hydrogen (secondary N) is 1. The van der Waals surface area contributed by atoms with E-state index in [-0.39, 0.29) is 4.90 Å². The number of hydrogen-bond acceptors (Lipinski definition) is 6. The number of carbonyl (C=O) groups excluding carboxylic acids is 1. The predicted molar refractivity (Wildman–Crippen MR) is 160 cm³/mol. The molecule has 4 aromatic rings. The number of hydrogen-bond donors (Lipinski definition) is 1. The van der Waals surface area contributed by atoms with E-state index in [4.69, 9.17) is 9.47 Å². The summed E-state index contributed by atoms with van der Waals surface area (Å²) in [4.78, 5) is 12.9. The smallest absolute Gasteiger partial charge is 0.264 e. The molecule has 0 radical (unpaired) electrons. The number of methoxy groups -OCH3 is 1. The van der Waals surface area contributed by atoms with Crippen LogP contribution in [-0.2, 0) is 21.4 Å². The standard InChI is InChI=1S/C29H26IN3O5S/c1-37-28-18-23(12-17-27(28)38-21-22-8-4-2-5-9-22)19-31-32-29(34)20-33(25-15-13-24(30)14-16-25)39(35,36)26-10-6-3-7-11-26/h2-19H,20-21H2,1H3,(H,32,34)/b31-19-. The van der Waals surface area contributed by atoms with Gasteiger partial charge in [0.2, 0.25) is 0 Å². The lowest BCUT2D eigenvalue weighted by atomic mass is 10.2. The zero-order valence-corrected chi connectivity index (χ0v) is 24.0. The Morgan fingerprint density at radius 2 is 1.59 bits per heavy atom. The van der Waals surface area contributed by atoms with Gasteiger partial charge >= 0.3 is 0 Å². The van der Waals surface area contributed by atoms with E-state index in [0.29, 0.717) is 29.4 Å². The molecule has 0 aliphatic heterocycles. The summed E-state index contributed by atoms with van der Waals surface area (Å²) in [5.74, 6) is 0.487. The fourth-order valence-electron chi connectivity index (χ4n) is 3.61. The lowest BCUT2D eigenvalue weighted by molar-refractivity contribution is -0.119. The number of benzene rings is 4. The maximum Gasteiger partial charge on any atom is 0.264 e. The minimum absolute atomic E-state index is 0.0847. The van der Waals surface area contributed by atoms with Crippen LogP contribution in [0.1, 0.15) is 11.1 Å². The van der Waals surface area contributed by atoms with E-state index in [2.05, 4.69) is 33.1 Å². The van der Waals surface area contributed by atoms with Crippen LogP contribution in [0.25, 0.3) is 0 Å². The Labute approximate surface area is 241 Å². The van der Waals surface area contributed by atoms with Gasteiger partial charge in [0.05, 0.1) is 23.9 Å². The molecule has 8 nitrogen and oxygen atoms in total. The summed E-state index contributed by atoms with van der Waals surface area (Å²) in [6.45, 7) is -0.0611. The third-order valence-corrected chi connectivity index (χ3v) is 8.07. The van der Waals surface area contributed by atoms with E-state index in [1.54, 1.807) is 67.8 Å². The van der Waals surface area contributed by atoms with E-state index in [1.807, 2.05) is 30.3 Å². The van der Waals surface area contributed by atoms with Gasteiger partial charge in [-0.15, -0.1) is 0 Å². The number of nitrogens with zero attached hydrogens (tertiary/aromatic N) is 2. The van der Waals surface area contributed by atoms with Crippen molar-refractivity contribution < 1.29 is 22.7 Å². The molecule has 10 heteroatoms. The molecule has 0 saturated carbocycles. The number of anilines is 1. The predicted octanol–water partition coefficient (Wildman–Crippen LogP) is 5.22. The fraction of sp³-hybridized carbons (Fsp3) is 0.103. The number of rotatable bonds is 11. The molecule has 39 heavy (non-hydrogen) atoms. The van der Waals surface area contributed by atoms with E-state index < -0.39 is 22.5 Å². The molecule has 1 amide bonds. The van der Waals surface area contributed by atoms with Crippen molar-refractivity contribution in [3.8, 4) is 11.5 Å². The second kappa shape index (κ2) is 13.3. The molecule has 0 aromatic heterocycles. The number of amides is 1. The van der Waals surface area contributed by atoms with E-state index >= 15 is 0 Å². The molecule has 4 rings (SSSR count). The van der Waals surface area contributed by atoms with Gasteiger partial charge in [-0.25, -0.2) is 13.8 Å².